The van der Waals surface area contributed by atoms with Gasteiger partial charge in [-0.25, -0.2) is 0 Å². The summed E-state index contributed by atoms with van der Waals surface area (Å²) < 4.78 is 0. The molecule has 2 rings (SSSR count). The van der Waals surface area contributed by atoms with Crippen molar-refractivity contribution >= 4 is 18.3 Å². The topological polar surface area (TPSA) is 69.8 Å². The van der Waals surface area contributed by atoms with Crippen LogP contribution in [0.3, 0.4) is 0 Å². The number of carbonyl (C=O) groups excluding carboxylic acids is 1. The summed E-state index contributed by atoms with van der Waals surface area (Å²) in [7, 11) is 0. The van der Waals surface area contributed by atoms with Crippen LogP contribution in [0.25, 0.3) is 0 Å². The summed E-state index contributed by atoms with van der Waals surface area (Å²) in [4.78, 5) is 16.6. The first-order valence-corrected chi connectivity index (χ1v) is 7.56. The molecular weight excluding hydrogens is 302 g/mol. The molecule has 2 atom stereocenters. The largest absolute Gasteiger partial charge is 0.395 e. The van der Waals surface area contributed by atoms with Crippen LogP contribution >= 0.6 is 12.4 Å². The molecule has 22 heavy (non-hydrogen) atoms. The highest BCUT2D eigenvalue weighted by Crippen LogP contribution is 2.21. The number of hydrogen-bond acceptors (Lipinski definition) is 4. The average Bonchev–Trinajstić information content (AvgIpc) is 2.54. The lowest BCUT2D eigenvalue weighted by atomic mass is 9.94. The van der Waals surface area contributed by atoms with E-state index in [1.807, 2.05) is 42.2 Å². The van der Waals surface area contributed by atoms with Crippen LogP contribution in [-0.2, 0) is 4.79 Å². The summed E-state index contributed by atoms with van der Waals surface area (Å²) in [6, 6.07) is 9.50. The van der Waals surface area contributed by atoms with Gasteiger partial charge in [-0.15, -0.1) is 12.4 Å². The molecule has 0 aliphatic carbocycles. The summed E-state index contributed by atoms with van der Waals surface area (Å²) in [5.74, 6) is -0.105. The molecule has 0 spiro atoms. The van der Waals surface area contributed by atoms with Gasteiger partial charge in [-0.3, -0.25) is 9.69 Å². The zero-order valence-corrected chi connectivity index (χ0v) is 13.8. The predicted octanol–water partition coefficient (Wildman–Crippen LogP) is 0.881. The summed E-state index contributed by atoms with van der Waals surface area (Å²) in [6.45, 7) is 5.82. The second kappa shape index (κ2) is 9.10. The maximum absolute atomic E-state index is 12.6. The van der Waals surface area contributed by atoms with Gasteiger partial charge in [0.1, 0.15) is 0 Å². The van der Waals surface area contributed by atoms with Gasteiger partial charge in [0.25, 0.3) is 0 Å². The molecule has 1 aliphatic heterocycles. The van der Waals surface area contributed by atoms with Gasteiger partial charge >= 0.3 is 0 Å². The van der Waals surface area contributed by atoms with Crippen LogP contribution in [0.1, 0.15) is 18.5 Å². The fourth-order valence-electron chi connectivity index (χ4n) is 2.74. The number of piperazine rings is 1. The van der Waals surface area contributed by atoms with Crippen LogP contribution in [0.2, 0.25) is 0 Å². The van der Waals surface area contributed by atoms with Crippen molar-refractivity contribution in [3.8, 4) is 0 Å². The standard InChI is InChI=1S/C16H25N3O2.ClH/c1-13(15(17)14-5-3-2-4-6-14)16(21)19-9-7-18(8-10-19)11-12-20;/h2-6,13,15,20H,7-12,17H2,1H3;1H. The Kier molecular flexibility index (Phi) is 7.82. The van der Waals surface area contributed by atoms with Crippen molar-refractivity contribution in [1.29, 1.82) is 0 Å². The van der Waals surface area contributed by atoms with Crippen molar-refractivity contribution < 1.29 is 9.90 Å². The second-order valence-corrected chi connectivity index (χ2v) is 5.62. The first kappa shape index (κ1) is 18.9. The lowest BCUT2D eigenvalue weighted by Crippen LogP contribution is -2.51. The third-order valence-electron chi connectivity index (χ3n) is 4.21. The minimum absolute atomic E-state index is 0. The van der Waals surface area contributed by atoms with Crippen molar-refractivity contribution in [2.24, 2.45) is 11.7 Å². The van der Waals surface area contributed by atoms with Crippen LogP contribution in [-0.4, -0.2) is 60.1 Å². The van der Waals surface area contributed by atoms with E-state index < -0.39 is 0 Å². The highest BCUT2D eigenvalue weighted by molar-refractivity contribution is 5.85. The molecule has 1 aromatic rings. The summed E-state index contributed by atoms with van der Waals surface area (Å²) in [5.41, 5.74) is 7.23. The van der Waals surface area contributed by atoms with Crippen LogP contribution in [0.5, 0.6) is 0 Å². The molecule has 3 N–H and O–H groups in total. The van der Waals surface area contributed by atoms with Crippen LogP contribution in [0.4, 0.5) is 0 Å². The molecule has 124 valence electrons. The van der Waals surface area contributed by atoms with Crippen LogP contribution in [0.15, 0.2) is 30.3 Å². The zero-order valence-electron chi connectivity index (χ0n) is 13.0. The van der Waals surface area contributed by atoms with E-state index in [4.69, 9.17) is 10.8 Å². The molecule has 0 saturated carbocycles. The Morgan fingerprint density at radius 2 is 1.82 bits per heavy atom. The average molecular weight is 328 g/mol. The molecule has 1 saturated heterocycles. The minimum atomic E-state index is -0.269. The molecule has 1 fully saturated rings. The molecule has 1 amide bonds. The Hall–Kier alpha value is -1.14. The maximum Gasteiger partial charge on any atom is 0.227 e. The fourth-order valence-corrected chi connectivity index (χ4v) is 2.74. The molecular formula is C16H26ClN3O2. The number of carbonyl (C=O) groups is 1. The number of rotatable bonds is 5. The van der Waals surface area contributed by atoms with Gasteiger partial charge in [0.15, 0.2) is 0 Å². The molecule has 0 bridgehead atoms. The Morgan fingerprint density at radius 1 is 1.23 bits per heavy atom. The lowest BCUT2D eigenvalue weighted by molar-refractivity contribution is -0.137. The number of nitrogens with two attached hydrogens (primary N) is 1. The van der Waals surface area contributed by atoms with Gasteiger partial charge in [0.2, 0.25) is 5.91 Å². The van der Waals surface area contributed by atoms with Gasteiger partial charge < -0.3 is 15.7 Å². The second-order valence-electron chi connectivity index (χ2n) is 5.62. The van der Waals surface area contributed by atoms with Gasteiger partial charge in [-0.05, 0) is 5.56 Å². The molecule has 0 radical (unpaired) electrons. The van der Waals surface area contributed by atoms with Gasteiger partial charge in [0, 0.05) is 38.8 Å². The molecule has 1 aromatic carbocycles. The van der Waals surface area contributed by atoms with Gasteiger partial charge in [-0.2, -0.15) is 0 Å². The number of aliphatic hydroxyl groups excluding tert-OH is 1. The van der Waals surface area contributed by atoms with Crippen LogP contribution in [0, 0.1) is 5.92 Å². The number of aliphatic hydroxyl groups is 1. The van der Waals surface area contributed by atoms with Crippen molar-refractivity contribution in [3.05, 3.63) is 35.9 Å². The smallest absolute Gasteiger partial charge is 0.227 e. The monoisotopic (exact) mass is 327 g/mol. The van der Waals surface area contributed by atoms with Gasteiger partial charge in [-0.1, -0.05) is 37.3 Å². The van der Waals surface area contributed by atoms with E-state index >= 15 is 0 Å². The zero-order chi connectivity index (χ0) is 15.2. The Morgan fingerprint density at radius 3 is 2.36 bits per heavy atom. The number of halogens is 1. The van der Waals surface area contributed by atoms with Crippen molar-refractivity contribution in [2.45, 2.75) is 13.0 Å². The maximum atomic E-state index is 12.6. The summed E-state index contributed by atoms with van der Waals surface area (Å²) >= 11 is 0. The van der Waals surface area contributed by atoms with E-state index in [1.165, 1.54) is 0 Å². The molecule has 6 heteroatoms. The van der Waals surface area contributed by atoms with E-state index in [2.05, 4.69) is 4.90 Å². The summed E-state index contributed by atoms with van der Waals surface area (Å²) in [6.07, 6.45) is 0. The van der Waals surface area contributed by atoms with Crippen molar-refractivity contribution in [2.75, 3.05) is 39.3 Å². The third kappa shape index (κ3) is 4.68. The lowest BCUT2D eigenvalue weighted by Gasteiger charge is -2.36. The Bertz CT molecular complexity index is 450. The summed E-state index contributed by atoms with van der Waals surface area (Å²) in [5, 5.41) is 8.94. The predicted molar refractivity (Wildman–Crippen MR) is 89.9 cm³/mol. The number of nitrogens with zero attached hydrogens (tertiary/aromatic N) is 2. The molecule has 1 heterocycles. The first-order chi connectivity index (χ1) is 10.1. The fraction of sp³-hybridized carbons (Fsp3) is 0.562. The van der Waals surface area contributed by atoms with E-state index in [0.717, 1.165) is 18.7 Å². The van der Waals surface area contributed by atoms with E-state index in [0.29, 0.717) is 19.6 Å². The minimum Gasteiger partial charge on any atom is -0.395 e. The number of amides is 1. The normalized spacial score (nSPS) is 18.4. The molecule has 1 aliphatic rings. The highest BCUT2D eigenvalue weighted by Gasteiger charge is 2.28. The highest BCUT2D eigenvalue weighted by atomic mass is 35.5. The van der Waals surface area contributed by atoms with Gasteiger partial charge in [0.05, 0.1) is 12.5 Å². The third-order valence-corrected chi connectivity index (χ3v) is 4.21. The number of β-amino-alcohol motifs (C(OH)–C–C–N with tert-alkyl or cyclic N) is 1. The number of benzene rings is 1. The molecule has 5 nitrogen and oxygen atoms in total. The molecule has 0 aromatic heterocycles. The van der Waals surface area contributed by atoms with E-state index in [1.54, 1.807) is 0 Å². The Balaban J connectivity index is 0.00000242. The van der Waals surface area contributed by atoms with E-state index in [9.17, 15) is 4.79 Å². The SMILES string of the molecule is CC(C(=O)N1CCN(CCO)CC1)C(N)c1ccccc1.Cl. The quantitative estimate of drug-likeness (QED) is 0.842. The number of hydrogen-bond donors (Lipinski definition) is 2. The van der Waals surface area contributed by atoms with Crippen LogP contribution < -0.4 is 5.73 Å². The van der Waals surface area contributed by atoms with E-state index in [-0.39, 0.29) is 36.9 Å². The van der Waals surface area contributed by atoms with Crippen molar-refractivity contribution in [1.82, 2.24) is 9.80 Å². The van der Waals surface area contributed by atoms with Crippen molar-refractivity contribution in [3.63, 3.8) is 0 Å². The first-order valence-electron chi connectivity index (χ1n) is 7.56. The molecule has 2 unspecified atom stereocenters. The Labute approximate surface area is 138 Å².